The van der Waals surface area contributed by atoms with E-state index in [1.807, 2.05) is 12.1 Å². The molecule has 0 fully saturated rings. The number of aryl methyl sites for hydroxylation is 1. The second-order valence-corrected chi connectivity index (χ2v) is 6.46. The van der Waals surface area contributed by atoms with Crippen molar-refractivity contribution in [3.05, 3.63) is 102 Å². The Balaban J connectivity index is 1.69. The number of rotatable bonds is 8. The average Bonchev–Trinajstić information content (AvgIpc) is 2.69. The molecule has 0 N–H and O–H groups in total. The van der Waals surface area contributed by atoms with Gasteiger partial charge in [0.1, 0.15) is 5.75 Å². The Morgan fingerprint density at radius 3 is 2.24 bits per heavy atom. The number of benzene rings is 3. The van der Waals surface area contributed by atoms with Gasteiger partial charge < -0.3 is 4.74 Å². The zero-order valence-electron chi connectivity index (χ0n) is 14.8. The van der Waals surface area contributed by atoms with Crippen molar-refractivity contribution in [3.8, 4) is 5.75 Å². The summed E-state index contributed by atoms with van der Waals surface area (Å²) in [5, 5.41) is 0. The van der Waals surface area contributed by atoms with Crippen LogP contribution in [0.3, 0.4) is 0 Å². The summed E-state index contributed by atoms with van der Waals surface area (Å²) in [6.45, 7) is 0. The van der Waals surface area contributed by atoms with Crippen LogP contribution in [-0.4, -0.2) is 7.11 Å². The van der Waals surface area contributed by atoms with Crippen LogP contribution in [0.4, 0.5) is 0 Å². The summed E-state index contributed by atoms with van der Waals surface area (Å²) in [5.41, 5.74) is 4.19. The molecule has 1 heteroatoms. The van der Waals surface area contributed by atoms with E-state index in [2.05, 4.69) is 72.8 Å². The van der Waals surface area contributed by atoms with E-state index in [1.54, 1.807) is 7.11 Å². The van der Waals surface area contributed by atoms with Crippen molar-refractivity contribution in [2.75, 3.05) is 7.11 Å². The van der Waals surface area contributed by atoms with Crippen molar-refractivity contribution in [1.29, 1.82) is 0 Å². The molecule has 0 saturated heterocycles. The molecule has 0 bridgehead atoms. The van der Waals surface area contributed by atoms with Crippen LogP contribution in [-0.2, 0) is 12.8 Å². The van der Waals surface area contributed by atoms with Crippen LogP contribution in [0, 0.1) is 6.07 Å². The maximum absolute atomic E-state index is 5.30. The molecule has 0 heterocycles. The molecule has 0 aliphatic rings. The lowest BCUT2D eigenvalue weighted by Gasteiger charge is -2.18. The maximum Gasteiger partial charge on any atom is 0.118 e. The molecule has 3 rings (SSSR count). The van der Waals surface area contributed by atoms with Crippen LogP contribution in [0.15, 0.2) is 78.9 Å². The summed E-state index contributed by atoms with van der Waals surface area (Å²) >= 11 is 0. The van der Waals surface area contributed by atoms with Crippen LogP contribution >= 0.6 is 0 Å². The molecule has 127 valence electrons. The first kappa shape index (κ1) is 17.3. The van der Waals surface area contributed by atoms with Crippen LogP contribution < -0.4 is 4.74 Å². The van der Waals surface area contributed by atoms with Gasteiger partial charge in [0.05, 0.1) is 7.11 Å². The molecular weight excluding hydrogens is 304 g/mol. The van der Waals surface area contributed by atoms with E-state index < -0.39 is 0 Å². The quantitative estimate of drug-likeness (QED) is 0.504. The number of methoxy groups -OCH3 is 1. The minimum absolute atomic E-state index is 0.525. The minimum Gasteiger partial charge on any atom is -0.497 e. The van der Waals surface area contributed by atoms with Crippen molar-refractivity contribution in [1.82, 2.24) is 0 Å². The fourth-order valence-electron chi connectivity index (χ4n) is 3.30. The van der Waals surface area contributed by atoms with E-state index in [9.17, 15) is 0 Å². The molecule has 0 aliphatic heterocycles. The Morgan fingerprint density at radius 1 is 0.840 bits per heavy atom. The lowest BCUT2D eigenvalue weighted by atomic mass is 9.87. The summed E-state index contributed by atoms with van der Waals surface area (Å²) < 4.78 is 5.30. The summed E-state index contributed by atoms with van der Waals surface area (Å²) in [7, 11) is 1.72. The predicted octanol–water partition coefficient (Wildman–Crippen LogP) is 5.84. The lowest BCUT2D eigenvalue weighted by Crippen LogP contribution is -2.04. The van der Waals surface area contributed by atoms with Gasteiger partial charge in [-0.25, -0.2) is 0 Å². The van der Waals surface area contributed by atoms with E-state index in [-0.39, 0.29) is 0 Å². The molecule has 0 aliphatic carbocycles. The number of hydrogen-bond donors (Lipinski definition) is 0. The van der Waals surface area contributed by atoms with Crippen molar-refractivity contribution in [2.24, 2.45) is 0 Å². The fraction of sp³-hybridized carbons (Fsp3) is 0.250. The Hall–Kier alpha value is -2.54. The smallest absolute Gasteiger partial charge is 0.118 e. The van der Waals surface area contributed by atoms with Crippen LogP contribution in [0.25, 0.3) is 0 Å². The second kappa shape index (κ2) is 9.08. The van der Waals surface area contributed by atoms with Crippen molar-refractivity contribution < 1.29 is 4.74 Å². The van der Waals surface area contributed by atoms with E-state index in [4.69, 9.17) is 4.74 Å². The van der Waals surface area contributed by atoms with Gasteiger partial charge in [-0.3, -0.25) is 0 Å². The molecule has 1 atom stereocenters. The largest absolute Gasteiger partial charge is 0.497 e. The maximum atomic E-state index is 5.30. The first-order valence-corrected chi connectivity index (χ1v) is 8.98. The molecule has 0 aromatic heterocycles. The topological polar surface area (TPSA) is 9.23 Å². The van der Waals surface area contributed by atoms with Gasteiger partial charge in [-0.1, -0.05) is 66.7 Å². The summed E-state index contributed by atoms with van der Waals surface area (Å²) in [6, 6.07) is 30.8. The summed E-state index contributed by atoms with van der Waals surface area (Å²) in [6.07, 6.45) is 4.57. The summed E-state index contributed by atoms with van der Waals surface area (Å²) in [4.78, 5) is 0. The second-order valence-electron chi connectivity index (χ2n) is 6.46. The Kier molecular flexibility index (Phi) is 6.28. The fourth-order valence-corrected chi connectivity index (χ4v) is 3.30. The third-order valence-electron chi connectivity index (χ3n) is 4.72. The van der Waals surface area contributed by atoms with Gasteiger partial charge in [-0.05, 0) is 66.5 Å². The van der Waals surface area contributed by atoms with Crippen molar-refractivity contribution in [3.63, 3.8) is 0 Å². The molecule has 3 aromatic rings. The SMILES string of the molecule is COc1ccc(C(CCCc2ccccc2)Cc2cc[c]cc2)cc1. The van der Waals surface area contributed by atoms with E-state index in [0.717, 1.165) is 18.6 Å². The predicted molar refractivity (Wildman–Crippen MR) is 104 cm³/mol. The van der Waals surface area contributed by atoms with Gasteiger partial charge in [0.25, 0.3) is 0 Å². The molecule has 0 saturated carbocycles. The van der Waals surface area contributed by atoms with Crippen molar-refractivity contribution in [2.45, 2.75) is 31.6 Å². The monoisotopic (exact) mass is 329 g/mol. The Labute approximate surface area is 151 Å². The van der Waals surface area contributed by atoms with Gasteiger partial charge in [-0.2, -0.15) is 0 Å². The van der Waals surface area contributed by atoms with Gasteiger partial charge in [-0.15, -0.1) is 0 Å². The van der Waals surface area contributed by atoms with Gasteiger partial charge in [0, 0.05) is 0 Å². The van der Waals surface area contributed by atoms with Crippen LogP contribution in [0.5, 0.6) is 5.75 Å². The highest BCUT2D eigenvalue weighted by Crippen LogP contribution is 2.28. The third kappa shape index (κ3) is 5.22. The van der Waals surface area contributed by atoms with Gasteiger partial charge in [0.2, 0.25) is 0 Å². The zero-order valence-corrected chi connectivity index (χ0v) is 14.8. The van der Waals surface area contributed by atoms with Gasteiger partial charge >= 0.3 is 0 Å². The van der Waals surface area contributed by atoms with E-state index in [1.165, 1.54) is 29.5 Å². The Morgan fingerprint density at radius 2 is 1.56 bits per heavy atom. The van der Waals surface area contributed by atoms with E-state index >= 15 is 0 Å². The first-order valence-electron chi connectivity index (χ1n) is 8.98. The molecule has 25 heavy (non-hydrogen) atoms. The average molecular weight is 329 g/mol. The number of hydrogen-bond acceptors (Lipinski definition) is 1. The zero-order chi connectivity index (χ0) is 17.3. The summed E-state index contributed by atoms with van der Waals surface area (Å²) in [5.74, 6) is 1.44. The highest BCUT2D eigenvalue weighted by Gasteiger charge is 2.13. The third-order valence-corrected chi connectivity index (χ3v) is 4.72. The minimum atomic E-state index is 0.525. The first-order chi connectivity index (χ1) is 12.3. The molecular formula is C24H25O. The van der Waals surface area contributed by atoms with E-state index in [0.29, 0.717) is 5.92 Å². The normalized spacial score (nSPS) is 11.9. The lowest BCUT2D eigenvalue weighted by molar-refractivity contribution is 0.414. The molecule has 1 unspecified atom stereocenters. The van der Waals surface area contributed by atoms with Crippen LogP contribution in [0.1, 0.15) is 35.4 Å². The van der Waals surface area contributed by atoms with Crippen molar-refractivity contribution >= 4 is 0 Å². The van der Waals surface area contributed by atoms with Crippen LogP contribution in [0.2, 0.25) is 0 Å². The molecule has 3 aromatic carbocycles. The molecule has 0 amide bonds. The number of ether oxygens (including phenoxy) is 1. The Bertz CT molecular complexity index is 732. The molecule has 1 radical (unpaired) electrons. The van der Waals surface area contributed by atoms with Gasteiger partial charge in [0.15, 0.2) is 0 Å². The molecule has 0 spiro atoms. The highest BCUT2D eigenvalue weighted by molar-refractivity contribution is 5.31. The standard InChI is InChI=1S/C24H25O/c1-25-24-17-15-22(16-18-24)23(19-21-11-6-3-7-12-21)14-8-13-20-9-4-2-5-10-20/h2,4-7,9-12,15-18,23H,8,13-14,19H2,1H3. The molecule has 1 nitrogen and oxygen atoms in total. The highest BCUT2D eigenvalue weighted by atomic mass is 16.5.